The molecule has 0 radical (unpaired) electrons. The summed E-state index contributed by atoms with van der Waals surface area (Å²) in [6.07, 6.45) is 3.27. The molecule has 1 fully saturated rings. The largest absolute Gasteiger partial charge is 0.340 e. The lowest BCUT2D eigenvalue weighted by Gasteiger charge is -2.34. The zero-order valence-electron chi connectivity index (χ0n) is 16.3. The van der Waals surface area contributed by atoms with Crippen LogP contribution in [0.3, 0.4) is 0 Å². The van der Waals surface area contributed by atoms with Crippen LogP contribution in [0.15, 0.2) is 24.3 Å². The van der Waals surface area contributed by atoms with Gasteiger partial charge in [-0.05, 0) is 31.0 Å². The fourth-order valence-corrected chi connectivity index (χ4v) is 3.69. The van der Waals surface area contributed by atoms with Crippen LogP contribution in [-0.2, 0) is 14.4 Å². The van der Waals surface area contributed by atoms with Gasteiger partial charge in [-0.1, -0.05) is 24.2 Å². The molecule has 1 aromatic carbocycles. The topological polar surface area (TPSA) is 69.7 Å². The smallest absolute Gasteiger partial charge is 0.238 e. The summed E-state index contributed by atoms with van der Waals surface area (Å²) in [5.41, 5.74) is 0.445. The molecule has 0 aromatic heterocycles. The quantitative estimate of drug-likeness (QED) is 0.635. The first-order valence-electron chi connectivity index (χ1n) is 9.63. The van der Waals surface area contributed by atoms with Gasteiger partial charge >= 0.3 is 0 Å². The molecule has 1 saturated heterocycles. The van der Waals surface area contributed by atoms with E-state index in [-0.39, 0.29) is 29.3 Å². The fourth-order valence-electron chi connectivity index (χ4n) is 3.05. The van der Waals surface area contributed by atoms with E-state index in [0.29, 0.717) is 38.3 Å². The first-order valence-corrected chi connectivity index (χ1v) is 10.6. The van der Waals surface area contributed by atoms with Crippen molar-refractivity contribution in [3.63, 3.8) is 0 Å². The maximum absolute atomic E-state index is 13.2. The molecule has 0 aliphatic carbocycles. The van der Waals surface area contributed by atoms with E-state index in [0.717, 1.165) is 25.0 Å². The first kappa shape index (κ1) is 22.4. The predicted molar refractivity (Wildman–Crippen MR) is 110 cm³/mol. The molecule has 2 amide bonds. The van der Waals surface area contributed by atoms with Crippen LogP contribution in [-0.4, -0.2) is 65.2 Å². The summed E-state index contributed by atoms with van der Waals surface area (Å²) in [4.78, 5) is 39.1. The molecule has 0 saturated carbocycles. The van der Waals surface area contributed by atoms with Gasteiger partial charge in [0.05, 0.1) is 6.54 Å². The van der Waals surface area contributed by atoms with Gasteiger partial charge in [0.25, 0.3) is 0 Å². The van der Waals surface area contributed by atoms with Crippen molar-refractivity contribution in [2.45, 2.75) is 32.6 Å². The van der Waals surface area contributed by atoms with E-state index in [4.69, 9.17) is 0 Å². The van der Waals surface area contributed by atoms with Crippen LogP contribution >= 0.6 is 11.8 Å². The van der Waals surface area contributed by atoms with Crippen molar-refractivity contribution in [3.05, 3.63) is 30.1 Å². The highest BCUT2D eigenvalue weighted by atomic mass is 32.2. The lowest BCUT2D eigenvalue weighted by molar-refractivity contribution is -0.133. The van der Waals surface area contributed by atoms with Crippen LogP contribution < -0.4 is 5.32 Å². The Morgan fingerprint density at radius 2 is 1.86 bits per heavy atom. The average Bonchev–Trinajstić information content (AvgIpc) is 2.64. The first-order chi connectivity index (χ1) is 13.4. The summed E-state index contributed by atoms with van der Waals surface area (Å²) in [5.74, 6) is 0.402. The Hall–Kier alpha value is -1.93. The molecule has 2 rings (SSSR count). The highest BCUT2D eigenvalue weighted by Gasteiger charge is 2.22. The number of anilines is 1. The SMILES string of the molecule is CC(=O)SCCCCCC(=O)N1CCN(CC(=O)Nc2cccc(F)c2)CC1. The molecule has 1 heterocycles. The minimum Gasteiger partial charge on any atom is -0.340 e. The number of nitrogens with zero attached hydrogens (tertiary/aromatic N) is 2. The number of benzene rings is 1. The van der Waals surface area contributed by atoms with Gasteiger partial charge in [0.1, 0.15) is 5.82 Å². The highest BCUT2D eigenvalue weighted by molar-refractivity contribution is 8.13. The van der Waals surface area contributed by atoms with Crippen LogP contribution in [0.5, 0.6) is 0 Å². The van der Waals surface area contributed by atoms with E-state index < -0.39 is 0 Å². The Bertz CT molecular complexity index is 678. The van der Waals surface area contributed by atoms with E-state index in [9.17, 15) is 18.8 Å². The van der Waals surface area contributed by atoms with Gasteiger partial charge in [-0.15, -0.1) is 0 Å². The van der Waals surface area contributed by atoms with Crippen LogP contribution in [0.25, 0.3) is 0 Å². The molecule has 8 heteroatoms. The van der Waals surface area contributed by atoms with Crippen molar-refractivity contribution in [3.8, 4) is 0 Å². The van der Waals surface area contributed by atoms with E-state index in [2.05, 4.69) is 5.32 Å². The molecule has 0 bridgehead atoms. The summed E-state index contributed by atoms with van der Waals surface area (Å²) >= 11 is 1.33. The number of rotatable bonds is 9. The van der Waals surface area contributed by atoms with E-state index in [1.54, 1.807) is 19.1 Å². The zero-order valence-corrected chi connectivity index (χ0v) is 17.1. The van der Waals surface area contributed by atoms with E-state index in [1.165, 1.54) is 23.9 Å². The molecule has 154 valence electrons. The Balaban J connectivity index is 1.60. The minimum atomic E-state index is -0.387. The van der Waals surface area contributed by atoms with Gasteiger partial charge in [0, 0.05) is 51.0 Å². The van der Waals surface area contributed by atoms with Gasteiger partial charge in [-0.3, -0.25) is 19.3 Å². The third kappa shape index (κ3) is 8.39. The Labute approximate surface area is 169 Å². The highest BCUT2D eigenvalue weighted by Crippen LogP contribution is 2.12. The van der Waals surface area contributed by atoms with Gasteiger partial charge in [0.15, 0.2) is 5.12 Å². The Morgan fingerprint density at radius 1 is 1.11 bits per heavy atom. The number of nitrogens with one attached hydrogen (secondary N) is 1. The number of unbranched alkanes of at least 4 members (excludes halogenated alkanes) is 2. The molecule has 6 nitrogen and oxygen atoms in total. The maximum Gasteiger partial charge on any atom is 0.238 e. The monoisotopic (exact) mass is 409 g/mol. The van der Waals surface area contributed by atoms with Crippen LogP contribution in [0.4, 0.5) is 10.1 Å². The second-order valence-electron chi connectivity index (χ2n) is 6.87. The van der Waals surface area contributed by atoms with Crippen LogP contribution in [0.2, 0.25) is 0 Å². The molecule has 0 spiro atoms. The third-order valence-corrected chi connectivity index (χ3v) is 5.44. The third-order valence-electron chi connectivity index (χ3n) is 4.54. The van der Waals surface area contributed by atoms with Crippen molar-refractivity contribution >= 4 is 34.4 Å². The minimum absolute atomic E-state index is 0.138. The number of hydrogen-bond donors (Lipinski definition) is 1. The molecule has 1 aromatic rings. The summed E-state index contributed by atoms with van der Waals surface area (Å²) in [6, 6.07) is 5.82. The van der Waals surface area contributed by atoms with Crippen molar-refractivity contribution < 1.29 is 18.8 Å². The van der Waals surface area contributed by atoms with Gasteiger partial charge in [-0.2, -0.15) is 0 Å². The predicted octanol–water partition coefficient (Wildman–Crippen LogP) is 2.75. The molecular weight excluding hydrogens is 381 g/mol. The van der Waals surface area contributed by atoms with Crippen molar-refractivity contribution in [1.29, 1.82) is 0 Å². The second kappa shape index (κ2) is 11.8. The Kier molecular flexibility index (Phi) is 9.43. The van der Waals surface area contributed by atoms with Crippen molar-refractivity contribution in [1.82, 2.24) is 9.80 Å². The fraction of sp³-hybridized carbons (Fsp3) is 0.550. The summed E-state index contributed by atoms with van der Waals surface area (Å²) in [7, 11) is 0. The molecule has 0 atom stereocenters. The number of thioether (sulfide) groups is 1. The summed E-state index contributed by atoms with van der Waals surface area (Å²) in [6.45, 7) is 4.33. The summed E-state index contributed by atoms with van der Waals surface area (Å²) < 4.78 is 13.2. The molecular formula is C20H28FN3O3S. The lowest BCUT2D eigenvalue weighted by atomic mass is 10.2. The van der Waals surface area contributed by atoms with Gasteiger partial charge < -0.3 is 10.2 Å². The number of halogens is 1. The average molecular weight is 410 g/mol. The Morgan fingerprint density at radius 3 is 2.54 bits per heavy atom. The zero-order chi connectivity index (χ0) is 20.4. The van der Waals surface area contributed by atoms with Gasteiger partial charge in [-0.25, -0.2) is 4.39 Å². The normalized spacial score (nSPS) is 14.7. The van der Waals surface area contributed by atoms with Gasteiger partial charge in [0.2, 0.25) is 11.8 Å². The molecule has 1 aliphatic rings. The van der Waals surface area contributed by atoms with Crippen molar-refractivity contribution in [2.75, 3.05) is 43.8 Å². The standard InChI is InChI=1S/C20H28FN3O3S/c1-16(25)28-13-4-2-3-8-20(27)24-11-9-23(10-12-24)15-19(26)22-18-7-5-6-17(21)14-18/h5-7,14H,2-4,8-13,15H2,1H3,(H,22,26). The van der Waals surface area contributed by atoms with E-state index in [1.807, 2.05) is 9.80 Å². The number of piperazine rings is 1. The second-order valence-corrected chi connectivity index (χ2v) is 8.14. The number of amides is 2. The van der Waals surface area contributed by atoms with Crippen LogP contribution in [0, 0.1) is 5.82 Å². The maximum atomic E-state index is 13.2. The van der Waals surface area contributed by atoms with Crippen molar-refractivity contribution in [2.24, 2.45) is 0 Å². The number of carbonyl (C=O) groups is 3. The molecule has 0 unspecified atom stereocenters. The molecule has 1 N–H and O–H groups in total. The molecule has 1 aliphatic heterocycles. The molecule has 28 heavy (non-hydrogen) atoms. The number of hydrogen-bond acceptors (Lipinski definition) is 5. The van der Waals surface area contributed by atoms with E-state index >= 15 is 0 Å². The lowest BCUT2D eigenvalue weighted by Crippen LogP contribution is -2.50. The number of carbonyl (C=O) groups excluding carboxylic acids is 3. The summed E-state index contributed by atoms with van der Waals surface area (Å²) in [5, 5.41) is 2.83. The van der Waals surface area contributed by atoms with Crippen LogP contribution in [0.1, 0.15) is 32.6 Å².